The van der Waals surface area contributed by atoms with Crippen LogP contribution in [0, 0.1) is 5.92 Å². The number of hydrogen-bond donors (Lipinski definition) is 4. The van der Waals surface area contributed by atoms with Crippen molar-refractivity contribution >= 4 is 11.9 Å². The third-order valence-electron chi connectivity index (χ3n) is 3.75. The van der Waals surface area contributed by atoms with E-state index in [4.69, 9.17) is 5.73 Å². The minimum Gasteiger partial charge on any atom is -0.390 e. The number of nitrogens with two attached hydrogens (primary N) is 1. The summed E-state index contributed by atoms with van der Waals surface area (Å²) in [4.78, 5) is 23.3. The predicted octanol–water partition coefficient (Wildman–Crippen LogP) is 0.454. The zero-order valence-corrected chi connectivity index (χ0v) is 12.2. The molecule has 0 radical (unpaired) electrons. The second-order valence-electron chi connectivity index (χ2n) is 5.69. The maximum atomic E-state index is 12.3. The van der Waals surface area contributed by atoms with Crippen LogP contribution in [0.1, 0.15) is 31.0 Å². The van der Waals surface area contributed by atoms with Gasteiger partial charge in [-0.2, -0.15) is 0 Å². The van der Waals surface area contributed by atoms with Crippen LogP contribution < -0.4 is 16.4 Å². The third kappa shape index (κ3) is 3.33. The molecule has 5 N–H and O–H groups in total. The Balaban J connectivity index is 2.13. The van der Waals surface area contributed by atoms with Gasteiger partial charge in [0.25, 0.3) is 0 Å². The Labute approximate surface area is 123 Å². The fourth-order valence-electron chi connectivity index (χ4n) is 2.68. The first-order valence-electron chi connectivity index (χ1n) is 7.02. The van der Waals surface area contributed by atoms with Crippen LogP contribution in [0.3, 0.4) is 0 Å². The van der Waals surface area contributed by atoms with Crippen LogP contribution in [-0.2, 0) is 11.2 Å². The van der Waals surface area contributed by atoms with E-state index in [2.05, 4.69) is 10.6 Å². The van der Waals surface area contributed by atoms with Gasteiger partial charge in [0.05, 0.1) is 12.1 Å². The topological polar surface area (TPSA) is 104 Å². The van der Waals surface area contributed by atoms with E-state index in [1.807, 2.05) is 38.1 Å². The summed E-state index contributed by atoms with van der Waals surface area (Å²) in [5, 5.41) is 15.4. The Morgan fingerprint density at radius 2 is 2.00 bits per heavy atom. The molecule has 114 valence electrons. The molecule has 1 aliphatic rings. The number of aliphatic hydroxyl groups is 1. The first-order valence-corrected chi connectivity index (χ1v) is 7.02. The summed E-state index contributed by atoms with van der Waals surface area (Å²) >= 11 is 0. The minimum atomic E-state index is -0.740. The summed E-state index contributed by atoms with van der Waals surface area (Å²) in [6.07, 6.45) is -0.149. The Bertz CT molecular complexity index is 545. The lowest BCUT2D eigenvalue weighted by atomic mass is 10.0. The Morgan fingerprint density at radius 3 is 2.62 bits per heavy atom. The van der Waals surface area contributed by atoms with Gasteiger partial charge in [0, 0.05) is 6.42 Å². The number of carbonyl (C=O) groups excluding carboxylic acids is 2. The molecule has 0 saturated carbocycles. The van der Waals surface area contributed by atoms with Gasteiger partial charge in [0.15, 0.2) is 0 Å². The fourth-order valence-corrected chi connectivity index (χ4v) is 2.68. The van der Waals surface area contributed by atoms with Crippen molar-refractivity contribution < 1.29 is 14.7 Å². The molecular weight excluding hydrogens is 270 g/mol. The molecule has 1 aromatic rings. The van der Waals surface area contributed by atoms with Crippen LogP contribution in [-0.4, -0.2) is 29.2 Å². The predicted molar refractivity (Wildman–Crippen MR) is 78.4 cm³/mol. The van der Waals surface area contributed by atoms with Crippen molar-refractivity contribution in [2.24, 2.45) is 11.7 Å². The van der Waals surface area contributed by atoms with Crippen molar-refractivity contribution in [2.75, 3.05) is 0 Å². The number of urea groups is 1. The molecular formula is C15H21N3O3. The van der Waals surface area contributed by atoms with E-state index >= 15 is 0 Å². The van der Waals surface area contributed by atoms with Gasteiger partial charge in [-0.05, 0) is 17.0 Å². The van der Waals surface area contributed by atoms with Gasteiger partial charge in [-0.15, -0.1) is 0 Å². The first-order chi connectivity index (χ1) is 9.90. The Morgan fingerprint density at radius 1 is 1.33 bits per heavy atom. The quantitative estimate of drug-likeness (QED) is 0.647. The average molecular weight is 291 g/mol. The van der Waals surface area contributed by atoms with Gasteiger partial charge in [0.1, 0.15) is 6.04 Å². The molecule has 6 heteroatoms. The van der Waals surface area contributed by atoms with Gasteiger partial charge in [-0.25, -0.2) is 4.79 Å². The summed E-state index contributed by atoms with van der Waals surface area (Å²) < 4.78 is 0. The van der Waals surface area contributed by atoms with E-state index in [1.54, 1.807) is 0 Å². The number of nitrogens with one attached hydrogen (secondary N) is 2. The van der Waals surface area contributed by atoms with Crippen molar-refractivity contribution in [3.05, 3.63) is 35.4 Å². The molecule has 1 aromatic carbocycles. The van der Waals surface area contributed by atoms with Crippen LogP contribution in [0.5, 0.6) is 0 Å². The minimum absolute atomic E-state index is 0.105. The number of amides is 3. The van der Waals surface area contributed by atoms with Crippen LogP contribution >= 0.6 is 0 Å². The second-order valence-corrected chi connectivity index (χ2v) is 5.69. The van der Waals surface area contributed by atoms with Gasteiger partial charge >= 0.3 is 6.03 Å². The van der Waals surface area contributed by atoms with Gasteiger partial charge in [-0.1, -0.05) is 38.1 Å². The van der Waals surface area contributed by atoms with Crippen molar-refractivity contribution in [3.8, 4) is 0 Å². The second kappa shape index (κ2) is 6.13. The standard InChI is InChI=1S/C15H21N3O3/c1-8(2)12(18-15(16)21)14(20)17-13-10-6-4-3-5-9(10)7-11(13)19/h3-6,8,11-13,19H,7H2,1-2H3,(H,17,20)(H3,16,18,21)/t11-,12?,13+/m0/s1. The van der Waals surface area contributed by atoms with Crippen molar-refractivity contribution in [3.63, 3.8) is 0 Å². The summed E-state index contributed by atoms with van der Waals surface area (Å²) in [6, 6.07) is 5.69. The Kier molecular flexibility index (Phi) is 4.47. The van der Waals surface area contributed by atoms with Crippen LogP contribution in [0.4, 0.5) is 4.79 Å². The van der Waals surface area contributed by atoms with E-state index in [1.165, 1.54) is 0 Å². The van der Waals surface area contributed by atoms with Crippen molar-refractivity contribution in [1.29, 1.82) is 0 Å². The van der Waals surface area contributed by atoms with Crippen molar-refractivity contribution in [1.82, 2.24) is 10.6 Å². The number of fused-ring (bicyclic) bond motifs is 1. The highest BCUT2D eigenvalue weighted by atomic mass is 16.3. The summed E-state index contributed by atoms with van der Waals surface area (Å²) in [7, 11) is 0. The molecule has 1 aliphatic carbocycles. The molecule has 0 heterocycles. The van der Waals surface area contributed by atoms with E-state index in [0.717, 1.165) is 11.1 Å². The monoisotopic (exact) mass is 291 g/mol. The number of hydrogen-bond acceptors (Lipinski definition) is 3. The van der Waals surface area contributed by atoms with Crippen LogP contribution in [0.25, 0.3) is 0 Å². The van der Waals surface area contributed by atoms with E-state index in [0.29, 0.717) is 6.42 Å². The Hall–Kier alpha value is -2.08. The van der Waals surface area contributed by atoms with Gasteiger partial charge in [0.2, 0.25) is 5.91 Å². The highest BCUT2D eigenvalue weighted by Crippen LogP contribution is 2.31. The number of aliphatic hydroxyl groups excluding tert-OH is 1. The summed E-state index contributed by atoms with van der Waals surface area (Å²) in [5.74, 6) is -0.448. The molecule has 0 fully saturated rings. The molecule has 0 bridgehead atoms. The summed E-state index contributed by atoms with van der Waals surface area (Å²) in [5.41, 5.74) is 7.05. The smallest absolute Gasteiger partial charge is 0.312 e. The van der Waals surface area contributed by atoms with E-state index in [9.17, 15) is 14.7 Å². The zero-order chi connectivity index (χ0) is 15.6. The molecule has 0 spiro atoms. The number of carbonyl (C=O) groups is 2. The number of rotatable bonds is 4. The molecule has 6 nitrogen and oxygen atoms in total. The highest BCUT2D eigenvalue weighted by Gasteiger charge is 2.34. The van der Waals surface area contributed by atoms with Crippen LogP contribution in [0.15, 0.2) is 24.3 Å². The lowest BCUT2D eigenvalue weighted by molar-refractivity contribution is -0.125. The molecule has 1 unspecified atom stereocenters. The zero-order valence-electron chi connectivity index (χ0n) is 12.2. The molecule has 3 atom stereocenters. The summed E-state index contributed by atoms with van der Waals surface area (Å²) in [6.45, 7) is 3.64. The van der Waals surface area contributed by atoms with E-state index in [-0.39, 0.29) is 11.8 Å². The molecule has 0 aliphatic heterocycles. The van der Waals surface area contributed by atoms with Crippen LogP contribution in [0.2, 0.25) is 0 Å². The SMILES string of the molecule is CC(C)C(NC(N)=O)C(=O)N[C@@H]1c2ccccc2C[C@@H]1O. The number of benzene rings is 1. The number of primary amides is 1. The average Bonchev–Trinajstić information content (AvgIpc) is 2.72. The fraction of sp³-hybridized carbons (Fsp3) is 0.467. The lowest BCUT2D eigenvalue weighted by Gasteiger charge is -2.25. The molecule has 2 rings (SSSR count). The molecule has 3 amide bonds. The van der Waals surface area contributed by atoms with Gasteiger partial charge < -0.3 is 21.5 Å². The molecule has 0 aromatic heterocycles. The van der Waals surface area contributed by atoms with Crippen molar-refractivity contribution in [2.45, 2.75) is 38.5 Å². The first kappa shape index (κ1) is 15.3. The van der Waals surface area contributed by atoms with Gasteiger partial charge in [-0.3, -0.25) is 4.79 Å². The van der Waals surface area contributed by atoms with E-state index < -0.39 is 24.2 Å². The maximum Gasteiger partial charge on any atom is 0.312 e. The molecule has 21 heavy (non-hydrogen) atoms. The lowest BCUT2D eigenvalue weighted by Crippen LogP contribution is -2.52. The maximum absolute atomic E-state index is 12.3. The third-order valence-corrected chi connectivity index (χ3v) is 3.75. The largest absolute Gasteiger partial charge is 0.390 e. The molecule has 0 saturated heterocycles. The normalized spacial score (nSPS) is 21.7. The highest BCUT2D eigenvalue weighted by molar-refractivity contribution is 5.87.